The standard InChI is InChI=1S/C16H9ClF3N7/c1-27-12-8(2-3-10(17)9(12)4-21)11(7-5-22-23-6-7)13(27)14-24-15(26-25-14)16(18,19)20/h2-3,5-6H,1H3,(H,22,23)(H,24,25,26). The topological polar surface area (TPSA) is 99.0 Å². The number of nitriles is 1. The van der Waals surface area contributed by atoms with E-state index in [1.807, 2.05) is 6.07 Å². The number of alkyl halides is 3. The van der Waals surface area contributed by atoms with E-state index in [0.717, 1.165) is 0 Å². The van der Waals surface area contributed by atoms with Crippen molar-refractivity contribution in [3.8, 4) is 28.7 Å². The SMILES string of the molecule is Cn1c(-c2nnc(C(F)(F)F)[nH]2)c(-c2cn[nH]c2)c2ccc(Cl)c(C#N)c21. The second-order valence-electron chi connectivity index (χ2n) is 5.72. The van der Waals surface area contributed by atoms with Crippen LogP contribution in [-0.2, 0) is 13.2 Å². The maximum Gasteiger partial charge on any atom is 0.451 e. The van der Waals surface area contributed by atoms with Crippen LogP contribution in [0.15, 0.2) is 24.5 Å². The van der Waals surface area contributed by atoms with Gasteiger partial charge in [-0.3, -0.25) is 5.10 Å². The van der Waals surface area contributed by atoms with E-state index >= 15 is 0 Å². The van der Waals surface area contributed by atoms with Gasteiger partial charge in [-0.05, 0) is 6.07 Å². The predicted octanol–water partition coefficient (Wildman–Crippen LogP) is 3.90. The molecule has 0 aliphatic heterocycles. The highest BCUT2D eigenvalue weighted by atomic mass is 35.5. The lowest BCUT2D eigenvalue weighted by molar-refractivity contribution is -0.144. The highest BCUT2D eigenvalue weighted by molar-refractivity contribution is 6.33. The van der Waals surface area contributed by atoms with Gasteiger partial charge in [0.15, 0.2) is 5.82 Å². The van der Waals surface area contributed by atoms with E-state index in [-0.39, 0.29) is 16.4 Å². The van der Waals surface area contributed by atoms with Crippen LogP contribution in [0.1, 0.15) is 11.4 Å². The highest BCUT2D eigenvalue weighted by Gasteiger charge is 2.36. The lowest BCUT2D eigenvalue weighted by atomic mass is 10.0. The summed E-state index contributed by atoms with van der Waals surface area (Å²) in [5.74, 6) is -1.29. The Labute approximate surface area is 154 Å². The average Bonchev–Trinajstić information content (AvgIpc) is 3.33. The largest absolute Gasteiger partial charge is 0.451 e. The van der Waals surface area contributed by atoms with Crippen molar-refractivity contribution in [1.29, 1.82) is 5.26 Å². The first kappa shape index (κ1) is 17.1. The second-order valence-corrected chi connectivity index (χ2v) is 6.13. The molecule has 0 aliphatic rings. The van der Waals surface area contributed by atoms with Crippen molar-refractivity contribution in [2.45, 2.75) is 6.18 Å². The summed E-state index contributed by atoms with van der Waals surface area (Å²) in [6, 6.07) is 5.31. The molecule has 0 aliphatic carbocycles. The molecule has 11 heteroatoms. The van der Waals surface area contributed by atoms with Crippen LogP contribution in [-0.4, -0.2) is 29.9 Å². The van der Waals surface area contributed by atoms with Crippen molar-refractivity contribution in [3.63, 3.8) is 0 Å². The first-order valence-electron chi connectivity index (χ1n) is 7.53. The lowest BCUT2D eigenvalue weighted by Gasteiger charge is -2.04. The molecule has 4 aromatic rings. The smallest absolute Gasteiger partial charge is 0.339 e. The molecular weight excluding hydrogens is 383 g/mol. The minimum absolute atomic E-state index is 0.0859. The van der Waals surface area contributed by atoms with Crippen LogP contribution in [0.3, 0.4) is 0 Å². The summed E-state index contributed by atoms with van der Waals surface area (Å²) in [5, 5.41) is 23.8. The Hall–Kier alpha value is -3.32. The minimum atomic E-state index is -4.66. The van der Waals surface area contributed by atoms with E-state index in [0.29, 0.717) is 27.7 Å². The number of nitrogens with one attached hydrogen (secondary N) is 2. The van der Waals surface area contributed by atoms with Gasteiger partial charge in [0, 0.05) is 29.8 Å². The predicted molar refractivity (Wildman–Crippen MR) is 90.6 cm³/mol. The molecule has 0 bridgehead atoms. The zero-order valence-electron chi connectivity index (χ0n) is 13.6. The number of fused-ring (bicyclic) bond motifs is 1. The fraction of sp³-hybridized carbons (Fsp3) is 0.125. The summed E-state index contributed by atoms with van der Waals surface area (Å²) in [6.45, 7) is 0. The Bertz CT molecular complexity index is 1200. The third kappa shape index (κ3) is 2.55. The summed E-state index contributed by atoms with van der Waals surface area (Å²) >= 11 is 6.13. The number of hydrogen-bond donors (Lipinski definition) is 2. The molecule has 0 radical (unpaired) electrons. The van der Waals surface area contributed by atoms with E-state index in [2.05, 4.69) is 25.4 Å². The van der Waals surface area contributed by atoms with Crippen LogP contribution in [0.4, 0.5) is 13.2 Å². The van der Waals surface area contributed by atoms with Crippen molar-refractivity contribution in [2.75, 3.05) is 0 Å². The van der Waals surface area contributed by atoms with Crippen LogP contribution in [0.2, 0.25) is 5.02 Å². The Morgan fingerprint density at radius 1 is 1.26 bits per heavy atom. The summed E-state index contributed by atoms with van der Waals surface area (Å²) in [7, 11) is 1.62. The third-order valence-electron chi connectivity index (χ3n) is 4.18. The Morgan fingerprint density at radius 2 is 2.04 bits per heavy atom. The molecule has 27 heavy (non-hydrogen) atoms. The van der Waals surface area contributed by atoms with Gasteiger partial charge < -0.3 is 9.55 Å². The zero-order chi connectivity index (χ0) is 19.3. The molecule has 0 saturated carbocycles. The molecule has 0 spiro atoms. The Balaban J connectivity index is 2.11. The van der Waals surface area contributed by atoms with Gasteiger partial charge in [-0.1, -0.05) is 17.7 Å². The summed E-state index contributed by atoms with van der Waals surface area (Å²) < 4.78 is 40.4. The van der Waals surface area contributed by atoms with Gasteiger partial charge in [0.2, 0.25) is 5.82 Å². The summed E-state index contributed by atoms with van der Waals surface area (Å²) in [4.78, 5) is 2.21. The van der Waals surface area contributed by atoms with Gasteiger partial charge in [0.05, 0.1) is 28.0 Å². The quantitative estimate of drug-likeness (QED) is 0.541. The van der Waals surface area contributed by atoms with Crippen molar-refractivity contribution >= 4 is 22.5 Å². The number of nitrogens with zero attached hydrogens (tertiary/aromatic N) is 5. The number of rotatable bonds is 2. The van der Waals surface area contributed by atoms with Gasteiger partial charge in [-0.15, -0.1) is 10.2 Å². The second kappa shape index (κ2) is 5.85. The molecule has 0 atom stereocenters. The van der Waals surface area contributed by atoms with Gasteiger partial charge >= 0.3 is 6.18 Å². The first-order chi connectivity index (χ1) is 12.8. The van der Waals surface area contributed by atoms with E-state index in [9.17, 15) is 18.4 Å². The monoisotopic (exact) mass is 391 g/mol. The molecular formula is C16H9ClF3N7. The van der Waals surface area contributed by atoms with Crippen LogP contribution in [0.25, 0.3) is 33.5 Å². The zero-order valence-corrected chi connectivity index (χ0v) is 14.3. The molecule has 0 saturated heterocycles. The van der Waals surface area contributed by atoms with E-state index in [1.165, 1.54) is 6.20 Å². The highest BCUT2D eigenvalue weighted by Crippen LogP contribution is 2.41. The molecule has 0 fully saturated rings. The molecule has 136 valence electrons. The summed E-state index contributed by atoms with van der Waals surface area (Å²) in [6.07, 6.45) is -1.54. The first-order valence-corrected chi connectivity index (χ1v) is 7.91. The summed E-state index contributed by atoms with van der Waals surface area (Å²) in [5.41, 5.74) is 2.18. The number of aromatic nitrogens is 6. The number of aryl methyl sites for hydroxylation is 1. The molecule has 2 N–H and O–H groups in total. The molecule has 3 aromatic heterocycles. The number of halogens is 4. The van der Waals surface area contributed by atoms with E-state index in [4.69, 9.17) is 11.6 Å². The Kier molecular flexibility index (Phi) is 3.71. The lowest BCUT2D eigenvalue weighted by Crippen LogP contribution is -2.07. The van der Waals surface area contributed by atoms with Crippen molar-refractivity contribution < 1.29 is 13.2 Å². The molecule has 3 heterocycles. The molecule has 4 rings (SSSR count). The normalized spacial score (nSPS) is 11.9. The fourth-order valence-corrected chi connectivity index (χ4v) is 3.28. The van der Waals surface area contributed by atoms with Crippen LogP contribution in [0, 0.1) is 11.3 Å². The fourth-order valence-electron chi connectivity index (χ4n) is 3.08. The number of benzene rings is 1. The van der Waals surface area contributed by atoms with E-state index < -0.39 is 12.0 Å². The van der Waals surface area contributed by atoms with Gasteiger partial charge in [-0.25, -0.2) is 0 Å². The van der Waals surface area contributed by atoms with Gasteiger partial charge in [0.1, 0.15) is 6.07 Å². The van der Waals surface area contributed by atoms with E-state index in [1.54, 1.807) is 29.9 Å². The Morgan fingerprint density at radius 3 is 2.63 bits per heavy atom. The van der Waals surface area contributed by atoms with Crippen LogP contribution >= 0.6 is 11.6 Å². The van der Waals surface area contributed by atoms with Crippen LogP contribution in [0.5, 0.6) is 0 Å². The van der Waals surface area contributed by atoms with Gasteiger partial charge in [-0.2, -0.15) is 23.5 Å². The molecule has 0 unspecified atom stereocenters. The minimum Gasteiger partial charge on any atom is -0.339 e. The van der Waals surface area contributed by atoms with Crippen molar-refractivity contribution in [1.82, 2.24) is 29.9 Å². The van der Waals surface area contributed by atoms with Crippen molar-refractivity contribution in [3.05, 3.63) is 40.9 Å². The van der Waals surface area contributed by atoms with Crippen LogP contribution < -0.4 is 0 Å². The molecule has 1 aromatic carbocycles. The maximum atomic E-state index is 13.0. The van der Waals surface area contributed by atoms with Crippen molar-refractivity contribution in [2.24, 2.45) is 7.05 Å². The third-order valence-corrected chi connectivity index (χ3v) is 4.50. The number of hydrogen-bond acceptors (Lipinski definition) is 4. The van der Waals surface area contributed by atoms with Gasteiger partial charge in [0.25, 0.3) is 0 Å². The number of aromatic amines is 2. The number of H-pyrrole nitrogens is 2. The maximum absolute atomic E-state index is 13.0. The molecule has 0 amide bonds. The molecule has 7 nitrogen and oxygen atoms in total. The average molecular weight is 392 g/mol.